The number of likely N-dealkylation sites (tertiary alicyclic amines) is 1. The Balaban J connectivity index is 1.59. The molecule has 1 N–H and O–H groups in total. The van der Waals surface area contributed by atoms with Crippen LogP contribution in [0.25, 0.3) is 0 Å². The Morgan fingerprint density at radius 1 is 1.28 bits per heavy atom. The number of carbonyl (C=O) groups is 2. The second kappa shape index (κ2) is 8.51. The number of para-hydroxylation sites is 1. The molecule has 2 aromatic rings. The summed E-state index contributed by atoms with van der Waals surface area (Å²) in [4.78, 5) is 31.5. The number of nitrogens with one attached hydrogen (secondary N) is 1. The molecule has 0 unspecified atom stereocenters. The van der Waals surface area contributed by atoms with Gasteiger partial charge in [0.25, 0.3) is 11.8 Å². The molecule has 3 heterocycles. The van der Waals surface area contributed by atoms with Crippen molar-refractivity contribution in [3.05, 3.63) is 59.8 Å². The van der Waals surface area contributed by atoms with Crippen molar-refractivity contribution in [2.24, 2.45) is 0 Å². The highest BCUT2D eigenvalue weighted by molar-refractivity contribution is 5.92. The second-order valence-electron chi connectivity index (χ2n) is 7.46. The molecule has 4 rings (SSSR count). The lowest BCUT2D eigenvalue weighted by atomic mass is 9.92. The highest BCUT2D eigenvalue weighted by Gasteiger charge is 2.36. The van der Waals surface area contributed by atoms with Crippen LogP contribution in [0, 0.1) is 6.92 Å². The van der Waals surface area contributed by atoms with E-state index in [0.29, 0.717) is 25.1 Å². The molecule has 1 fully saturated rings. The van der Waals surface area contributed by atoms with E-state index in [2.05, 4.69) is 22.5 Å². The maximum Gasteiger partial charge on any atom is 0.291 e. The third-order valence-electron chi connectivity index (χ3n) is 5.54. The minimum atomic E-state index is -0.176. The van der Waals surface area contributed by atoms with Crippen LogP contribution in [0.15, 0.2) is 47.2 Å². The summed E-state index contributed by atoms with van der Waals surface area (Å²) in [5.74, 6) is 0.644. The van der Waals surface area contributed by atoms with E-state index in [0.717, 1.165) is 24.2 Å². The standard InChI is InChI=1S/C22H25N3O4/c1-15-21(29-14-23-15)22(27)25-12-6-9-17-18(25)10-4-2-7-16-8-3-5-11-19(16)28-13-20(26)24-17/h2-5,8,11,14,17-18H,6-7,9-10,12-13H2,1H3,(H,24,26)/b4-2+/t17-,18-/m1/s1. The molecule has 2 aliphatic rings. The summed E-state index contributed by atoms with van der Waals surface area (Å²) in [5.41, 5.74) is 1.61. The van der Waals surface area contributed by atoms with E-state index < -0.39 is 0 Å². The number of piperidine rings is 1. The molecule has 0 aliphatic carbocycles. The van der Waals surface area contributed by atoms with Gasteiger partial charge in [-0.3, -0.25) is 9.59 Å². The first-order chi connectivity index (χ1) is 14.1. The third-order valence-corrected chi connectivity index (χ3v) is 5.54. The van der Waals surface area contributed by atoms with Crippen LogP contribution in [0.4, 0.5) is 0 Å². The number of hydrogen-bond donors (Lipinski definition) is 1. The van der Waals surface area contributed by atoms with E-state index in [1.165, 1.54) is 6.39 Å². The van der Waals surface area contributed by atoms with Crippen LogP contribution in [0.1, 0.15) is 41.1 Å². The van der Waals surface area contributed by atoms with Crippen LogP contribution in [0.2, 0.25) is 0 Å². The van der Waals surface area contributed by atoms with Gasteiger partial charge in [0, 0.05) is 12.6 Å². The number of nitrogens with zero attached hydrogens (tertiary/aromatic N) is 2. The molecule has 0 bridgehead atoms. The maximum absolute atomic E-state index is 13.1. The number of aryl methyl sites for hydroxylation is 1. The Hall–Kier alpha value is -3.09. The summed E-state index contributed by atoms with van der Waals surface area (Å²) in [6.07, 6.45) is 8.48. The van der Waals surface area contributed by atoms with Gasteiger partial charge in [0.1, 0.15) is 5.75 Å². The Morgan fingerprint density at radius 2 is 2.14 bits per heavy atom. The lowest BCUT2D eigenvalue weighted by Crippen LogP contribution is -2.57. The molecule has 7 nitrogen and oxygen atoms in total. The molecule has 2 aliphatic heterocycles. The monoisotopic (exact) mass is 395 g/mol. The summed E-state index contributed by atoms with van der Waals surface area (Å²) >= 11 is 0. The lowest BCUT2D eigenvalue weighted by Gasteiger charge is -2.41. The summed E-state index contributed by atoms with van der Waals surface area (Å²) in [6, 6.07) is 7.46. The number of carbonyl (C=O) groups excluding carboxylic acids is 2. The van der Waals surface area contributed by atoms with Crippen molar-refractivity contribution in [3.63, 3.8) is 0 Å². The molecule has 1 aromatic carbocycles. The summed E-state index contributed by atoms with van der Waals surface area (Å²) in [7, 11) is 0. The van der Waals surface area contributed by atoms with Crippen molar-refractivity contribution in [3.8, 4) is 5.75 Å². The maximum atomic E-state index is 13.1. The molecular weight excluding hydrogens is 370 g/mol. The highest BCUT2D eigenvalue weighted by Crippen LogP contribution is 2.25. The average Bonchev–Trinajstić information content (AvgIpc) is 3.15. The molecule has 0 radical (unpaired) electrons. The zero-order valence-corrected chi connectivity index (χ0v) is 16.5. The number of amides is 2. The van der Waals surface area contributed by atoms with Gasteiger partial charge in [-0.2, -0.15) is 0 Å². The zero-order chi connectivity index (χ0) is 20.2. The smallest absolute Gasteiger partial charge is 0.291 e. The van der Waals surface area contributed by atoms with Gasteiger partial charge >= 0.3 is 0 Å². The molecule has 7 heteroatoms. The summed E-state index contributed by atoms with van der Waals surface area (Å²) < 4.78 is 11.1. The fourth-order valence-corrected chi connectivity index (χ4v) is 4.06. The first-order valence-corrected chi connectivity index (χ1v) is 9.99. The number of hydrogen-bond acceptors (Lipinski definition) is 5. The molecule has 29 heavy (non-hydrogen) atoms. The molecule has 152 valence electrons. The second-order valence-corrected chi connectivity index (χ2v) is 7.46. The zero-order valence-electron chi connectivity index (χ0n) is 16.5. The van der Waals surface area contributed by atoms with E-state index in [4.69, 9.17) is 9.15 Å². The molecular formula is C22H25N3O4. The van der Waals surface area contributed by atoms with Gasteiger partial charge in [0.05, 0.1) is 11.7 Å². The lowest BCUT2D eigenvalue weighted by molar-refractivity contribution is -0.124. The topological polar surface area (TPSA) is 84.7 Å². The quantitative estimate of drug-likeness (QED) is 0.751. The Kier molecular flexibility index (Phi) is 5.64. The Bertz CT molecular complexity index is 920. The number of fused-ring (bicyclic) bond motifs is 2. The SMILES string of the molecule is Cc1ncoc1C(=O)N1CCC[C@H]2NC(=O)COc3ccccc3C/C=C/C[C@H]21. The van der Waals surface area contributed by atoms with Gasteiger partial charge in [0.2, 0.25) is 5.76 Å². The van der Waals surface area contributed by atoms with Gasteiger partial charge in [-0.05, 0) is 44.2 Å². The Labute approximate surface area is 169 Å². The normalized spacial score (nSPS) is 23.5. The largest absolute Gasteiger partial charge is 0.483 e. The molecule has 1 saturated heterocycles. The van der Waals surface area contributed by atoms with Gasteiger partial charge in [-0.1, -0.05) is 30.4 Å². The molecule has 0 spiro atoms. The molecule has 1 aromatic heterocycles. The van der Waals surface area contributed by atoms with E-state index >= 15 is 0 Å². The number of allylic oxidation sites excluding steroid dienone is 1. The molecule has 0 saturated carbocycles. The van der Waals surface area contributed by atoms with Crippen molar-refractivity contribution in [1.29, 1.82) is 0 Å². The fourth-order valence-electron chi connectivity index (χ4n) is 4.06. The number of benzene rings is 1. The predicted molar refractivity (Wildman–Crippen MR) is 107 cm³/mol. The predicted octanol–water partition coefficient (Wildman–Crippen LogP) is 2.65. The first-order valence-electron chi connectivity index (χ1n) is 9.99. The minimum Gasteiger partial charge on any atom is -0.483 e. The molecule has 2 amide bonds. The van der Waals surface area contributed by atoms with Crippen LogP contribution >= 0.6 is 0 Å². The van der Waals surface area contributed by atoms with E-state index in [1.807, 2.05) is 29.2 Å². The number of aromatic nitrogens is 1. The van der Waals surface area contributed by atoms with Gasteiger partial charge in [0.15, 0.2) is 13.0 Å². The minimum absolute atomic E-state index is 0.0426. The van der Waals surface area contributed by atoms with Crippen LogP contribution in [0.5, 0.6) is 5.75 Å². The van der Waals surface area contributed by atoms with Crippen molar-refractivity contribution in [2.45, 2.75) is 44.7 Å². The van der Waals surface area contributed by atoms with Gasteiger partial charge in [-0.15, -0.1) is 0 Å². The van der Waals surface area contributed by atoms with E-state index in [9.17, 15) is 9.59 Å². The van der Waals surface area contributed by atoms with Crippen LogP contribution in [-0.4, -0.2) is 46.9 Å². The summed E-state index contributed by atoms with van der Waals surface area (Å²) in [6.45, 7) is 2.35. The van der Waals surface area contributed by atoms with E-state index in [-0.39, 0.29) is 36.3 Å². The number of rotatable bonds is 1. The third kappa shape index (κ3) is 4.18. The van der Waals surface area contributed by atoms with Crippen LogP contribution < -0.4 is 10.1 Å². The van der Waals surface area contributed by atoms with Crippen molar-refractivity contribution >= 4 is 11.8 Å². The number of oxazole rings is 1. The average molecular weight is 395 g/mol. The van der Waals surface area contributed by atoms with E-state index in [1.54, 1.807) is 6.92 Å². The first kappa shape index (κ1) is 19.2. The summed E-state index contributed by atoms with van der Waals surface area (Å²) in [5, 5.41) is 3.07. The highest BCUT2D eigenvalue weighted by atomic mass is 16.5. The van der Waals surface area contributed by atoms with Gasteiger partial charge in [-0.25, -0.2) is 4.98 Å². The fraction of sp³-hybridized carbons (Fsp3) is 0.409. The van der Waals surface area contributed by atoms with Crippen molar-refractivity contribution < 1.29 is 18.7 Å². The number of ether oxygens (including phenoxy) is 1. The molecule has 2 atom stereocenters. The Morgan fingerprint density at radius 3 is 2.97 bits per heavy atom. The van der Waals surface area contributed by atoms with Crippen molar-refractivity contribution in [2.75, 3.05) is 13.2 Å². The van der Waals surface area contributed by atoms with Crippen molar-refractivity contribution in [1.82, 2.24) is 15.2 Å². The van der Waals surface area contributed by atoms with Crippen LogP contribution in [0.3, 0.4) is 0 Å². The van der Waals surface area contributed by atoms with Crippen LogP contribution in [-0.2, 0) is 11.2 Å². The van der Waals surface area contributed by atoms with Gasteiger partial charge < -0.3 is 19.4 Å².